The van der Waals surface area contributed by atoms with Crippen molar-refractivity contribution < 1.29 is 28.6 Å². The van der Waals surface area contributed by atoms with Gasteiger partial charge in [0.1, 0.15) is 18.3 Å². The Morgan fingerprint density at radius 2 is 0.635 bits per heavy atom. The summed E-state index contributed by atoms with van der Waals surface area (Å²) in [6.45, 7) is 37.7. The summed E-state index contributed by atoms with van der Waals surface area (Å²) in [6.07, 6.45) is 6.85. The Balaban J connectivity index is 1.55. The molecule has 4 rings (SSSR count). The minimum atomic E-state index is -0.972. The molecule has 0 amide bonds. The minimum Gasteiger partial charge on any atom is -0.462 e. The molecular weight excluding hydrogens is 805 g/mol. The van der Waals surface area contributed by atoms with Crippen LogP contribution in [0.15, 0.2) is 52.3 Å². The van der Waals surface area contributed by atoms with Crippen molar-refractivity contribution in [1.82, 2.24) is 28.4 Å². The number of rotatable bonds is 18. The molecule has 3 fully saturated rings. The number of likely N-dealkylation sites (tertiary alicyclic amines) is 3. The molecule has 3 aliphatic heterocycles. The van der Waals surface area contributed by atoms with Gasteiger partial charge in [0.2, 0.25) is 0 Å². The van der Waals surface area contributed by atoms with E-state index in [4.69, 9.17) is 14.2 Å². The molecule has 63 heavy (non-hydrogen) atoms. The van der Waals surface area contributed by atoms with E-state index in [1.807, 2.05) is 18.2 Å². The Hall–Kier alpha value is -4.08. The van der Waals surface area contributed by atoms with Crippen LogP contribution in [-0.4, -0.2) is 117 Å². The van der Waals surface area contributed by atoms with E-state index in [0.29, 0.717) is 58.2 Å². The SMILES string of the molecule is C=CCN1C(C)(C)CC(OC(=O)CCn2c(=O)n(CCC(=O)OC3CC(C)(C)N(CC=C)C(C)(C)C3)c(=O)n(CCC(=O)OC3CC(C)(C)N(CC=C)C(C)(C)C3)c2=O)CC1(C)C. The van der Waals surface area contributed by atoms with E-state index in [1.54, 1.807) is 0 Å². The number of nitrogens with zero attached hydrogens (tertiary/aromatic N) is 6. The third kappa shape index (κ3) is 12.2. The highest BCUT2D eigenvalue weighted by Gasteiger charge is 2.48. The van der Waals surface area contributed by atoms with Gasteiger partial charge in [-0.1, -0.05) is 18.2 Å². The lowest BCUT2D eigenvalue weighted by molar-refractivity contribution is -0.161. The first-order chi connectivity index (χ1) is 29.0. The van der Waals surface area contributed by atoms with Gasteiger partial charge in [-0.15, -0.1) is 19.7 Å². The van der Waals surface area contributed by atoms with Gasteiger partial charge in [0.05, 0.1) is 19.3 Å². The number of hydrogen-bond acceptors (Lipinski definition) is 12. The zero-order chi connectivity index (χ0) is 47.5. The van der Waals surface area contributed by atoms with Gasteiger partial charge < -0.3 is 14.2 Å². The van der Waals surface area contributed by atoms with Gasteiger partial charge in [-0.05, 0) is 83.1 Å². The van der Waals surface area contributed by atoms with Crippen LogP contribution < -0.4 is 17.1 Å². The number of ether oxygens (including phenoxy) is 3. The maximum atomic E-state index is 14.0. The second-order valence-corrected chi connectivity index (χ2v) is 21.7. The van der Waals surface area contributed by atoms with Gasteiger partial charge >= 0.3 is 35.0 Å². The lowest BCUT2D eigenvalue weighted by Gasteiger charge is -2.54. The molecule has 0 bridgehead atoms. The summed E-state index contributed by atoms with van der Waals surface area (Å²) >= 11 is 0. The monoisotopic (exact) mass is 883 g/mol. The lowest BCUT2D eigenvalue weighted by atomic mass is 9.78. The summed E-state index contributed by atoms with van der Waals surface area (Å²) in [5.41, 5.74) is -4.70. The maximum Gasteiger partial charge on any atom is 0.336 e. The second-order valence-electron chi connectivity index (χ2n) is 21.7. The van der Waals surface area contributed by atoms with Crippen LogP contribution in [0.3, 0.4) is 0 Å². The fourth-order valence-electron chi connectivity index (χ4n) is 11.4. The van der Waals surface area contributed by atoms with Crippen LogP contribution in [0.2, 0.25) is 0 Å². The molecule has 0 saturated carbocycles. The van der Waals surface area contributed by atoms with Crippen LogP contribution in [-0.2, 0) is 48.2 Å². The third-order valence-corrected chi connectivity index (χ3v) is 13.6. The predicted octanol–water partition coefficient (Wildman–Crippen LogP) is 5.59. The molecule has 0 unspecified atom stereocenters. The largest absolute Gasteiger partial charge is 0.462 e. The average Bonchev–Trinajstić information content (AvgIpc) is 3.11. The van der Waals surface area contributed by atoms with E-state index in [2.05, 4.69) is 118 Å². The molecule has 0 atom stereocenters. The molecule has 3 aliphatic rings. The Kier molecular flexibility index (Phi) is 16.0. The van der Waals surface area contributed by atoms with E-state index in [1.165, 1.54) is 0 Å². The number of carbonyl (C=O) groups is 3. The average molecular weight is 883 g/mol. The standard InChI is InChI=1S/C48H78N6O9/c1-16-22-52-43(4,5)28-34(29-44(52,6)7)61-37(55)19-25-49-40(58)50(26-20-38(56)62-35-30-45(8,9)53(23-17-2)46(10,11)31-35)42(60)51(41(49)59)27-21-39(57)63-36-32-47(12,13)54(24-18-3)48(14,15)33-36/h16-18,34-36H,1-3,19-33H2,4-15H3. The highest BCUT2D eigenvalue weighted by Crippen LogP contribution is 2.42. The fraction of sp³-hybridized carbons (Fsp3) is 0.750. The number of esters is 3. The summed E-state index contributed by atoms with van der Waals surface area (Å²) in [4.78, 5) is 89.1. The topological polar surface area (TPSA) is 155 Å². The summed E-state index contributed by atoms with van der Waals surface area (Å²) < 4.78 is 20.3. The Bertz CT molecular complexity index is 1740. The molecule has 0 N–H and O–H groups in total. The molecular formula is C48H78N6O9. The molecule has 15 heteroatoms. The quantitative estimate of drug-likeness (QED) is 0.103. The summed E-state index contributed by atoms with van der Waals surface area (Å²) in [7, 11) is 0. The van der Waals surface area contributed by atoms with Crippen molar-refractivity contribution in [2.45, 2.75) is 212 Å². The Labute approximate surface area is 375 Å². The molecule has 0 spiro atoms. The van der Waals surface area contributed by atoms with Crippen LogP contribution in [0.25, 0.3) is 0 Å². The number of aromatic nitrogens is 3. The van der Waals surface area contributed by atoms with Crippen LogP contribution in [0.1, 0.15) is 141 Å². The number of carbonyl (C=O) groups excluding carboxylic acids is 3. The van der Waals surface area contributed by atoms with Crippen molar-refractivity contribution in [2.24, 2.45) is 0 Å². The summed E-state index contributed by atoms with van der Waals surface area (Å²) in [5.74, 6) is -1.79. The van der Waals surface area contributed by atoms with Gasteiger partial charge in [-0.2, -0.15) is 0 Å². The van der Waals surface area contributed by atoms with Crippen molar-refractivity contribution in [2.75, 3.05) is 19.6 Å². The van der Waals surface area contributed by atoms with Crippen LogP contribution in [0.4, 0.5) is 0 Å². The molecule has 3 saturated heterocycles. The molecule has 0 aliphatic carbocycles. The first kappa shape index (κ1) is 51.6. The molecule has 0 radical (unpaired) electrons. The van der Waals surface area contributed by atoms with Crippen LogP contribution >= 0.6 is 0 Å². The van der Waals surface area contributed by atoms with Crippen molar-refractivity contribution in [3.05, 3.63) is 69.4 Å². The zero-order valence-corrected chi connectivity index (χ0v) is 40.5. The number of hydrogen-bond donors (Lipinski definition) is 0. The first-order valence-corrected chi connectivity index (χ1v) is 22.7. The zero-order valence-electron chi connectivity index (χ0n) is 40.5. The van der Waals surface area contributed by atoms with Crippen molar-refractivity contribution in [3.8, 4) is 0 Å². The maximum absolute atomic E-state index is 14.0. The van der Waals surface area contributed by atoms with E-state index >= 15 is 0 Å². The highest BCUT2D eigenvalue weighted by molar-refractivity contribution is 5.70. The van der Waals surface area contributed by atoms with E-state index in [-0.39, 0.29) is 72.1 Å². The molecule has 354 valence electrons. The molecule has 1 aromatic heterocycles. The van der Waals surface area contributed by atoms with Crippen molar-refractivity contribution in [1.29, 1.82) is 0 Å². The van der Waals surface area contributed by atoms with E-state index in [0.717, 1.165) is 13.7 Å². The molecule has 4 heterocycles. The minimum absolute atomic E-state index is 0.298. The second kappa shape index (κ2) is 19.6. The van der Waals surface area contributed by atoms with Gasteiger partial charge in [0, 0.05) is 111 Å². The van der Waals surface area contributed by atoms with Crippen LogP contribution in [0, 0.1) is 0 Å². The lowest BCUT2D eigenvalue weighted by Crippen LogP contribution is -2.62. The molecule has 1 aromatic rings. The summed E-state index contributed by atoms with van der Waals surface area (Å²) in [5, 5.41) is 0. The van der Waals surface area contributed by atoms with Gasteiger partial charge in [0.15, 0.2) is 0 Å². The molecule has 0 aromatic carbocycles. The van der Waals surface area contributed by atoms with Crippen LogP contribution in [0.5, 0.6) is 0 Å². The Morgan fingerprint density at radius 3 is 0.810 bits per heavy atom. The Morgan fingerprint density at radius 1 is 0.444 bits per heavy atom. The summed E-state index contributed by atoms with van der Waals surface area (Å²) in [6, 6.07) is 0. The first-order valence-electron chi connectivity index (χ1n) is 22.7. The number of piperidine rings is 3. The van der Waals surface area contributed by atoms with E-state index < -0.39 is 53.3 Å². The van der Waals surface area contributed by atoms with Gasteiger partial charge in [0.25, 0.3) is 0 Å². The smallest absolute Gasteiger partial charge is 0.336 e. The van der Waals surface area contributed by atoms with E-state index in [9.17, 15) is 28.8 Å². The molecule has 15 nitrogen and oxygen atoms in total. The van der Waals surface area contributed by atoms with Crippen molar-refractivity contribution in [3.63, 3.8) is 0 Å². The predicted molar refractivity (Wildman–Crippen MR) is 246 cm³/mol. The van der Waals surface area contributed by atoms with Crippen molar-refractivity contribution >= 4 is 17.9 Å². The van der Waals surface area contributed by atoms with Gasteiger partial charge in [-0.3, -0.25) is 29.1 Å². The fourth-order valence-corrected chi connectivity index (χ4v) is 11.4. The normalized spacial score (nSPS) is 22.5. The highest BCUT2D eigenvalue weighted by atomic mass is 16.6. The third-order valence-electron chi connectivity index (χ3n) is 13.6. The van der Waals surface area contributed by atoms with Gasteiger partial charge in [-0.25, -0.2) is 28.1 Å².